The molecule has 0 saturated heterocycles. The third-order valence-electron chi connectivity index (χ3n) is 3.00. The van der Waals surface area contributed by atoms with Crippen molar-refractivity contribution < 1.29 is 0 Å². The van der Waals surface area contributed by atoms with Crippen LogP contribution in [0.2, 0.25) is 0 Å². The zero-order valence-corrected chi connectivity index (χ0v) is 11.4. The molecule has 0 unspecified atom stereocenters. The van der Waals surface area contributed by atoms with Crippen molar-refractivity contribution in [3.63, 3.8) is 0 Å². The van der Waals surface area contributed by atoms with Crippen LogP contribution in [0.5, 0.6) is 0 Å². The van der Waals surface area contributed by atoms with Crippen LogP contribution in [0.3, 0.4) is 0 Å². The summed E-state index contributed by atoms with van der Waals surface area (Å²) in [5, 5.41) is 1.86. The van der Waals surface area contributed by atoms with Gasteiger partial charge in [-0.2, -0.15) is 0 Å². The normalized spacial score (nSPS) is 11.8. The number of benzene rings is 1. The molecule has 92 valence electrons. The minimum Gasteiger partial charge on any atom is -0.326 e. The topological polar surface area (TPSA) is 43.6 Å². The molecule has 0 N–H and O–H groups in total. The molecule has 0 fully saturated rings. The number of rotatable bonds is 2. The van der Waals surface area contributed by atoms with Gasteiger partial charge in [-0.3, -0.25) is 0 Å². The predicted molar refractivity (Wildman–Crippen MR) is 75.0 cm³/mol. The van der Waals surface area contributed by atoms with E-state index in [1.165, 1.54) is 0 Å². The van der Waals surface area contributed by atoms with Crippen LogP contribution >= 0.6 is 11.8 Å². The Morgan fingerprint density at radius 3 is 2.78 bits per heavy atom. The maximum Gasteiger partial charge on any atom is 0.187 e. The summed E-state index contributed by atoms with van der Waals surface area (Å²) in [4.78, 5) is 13.4. The summed E-state index contributed by atoms with van der Waals surface area (Å²) in [7, 11) is 0. The number of hydrogen-bond donors (Lipinski definition) is 0. The molecule has 0 aliphatic heterocycles. The van der Waals surface area contributed by atoms with Gasteiger partial charge in [0.15, 0.2) is 5.16 Å². The van der Waals surface area contributed by atoms with Gasteiger partial charge in [0.05, 0.1) is 17.4 Å². The van der Waals surface area contributed by atoms with Crippen LogP contribution in [-0.2, 0) is 0 Å². The van der Waals surface area contributed by atoms with Crippen LogP contribution in [0, 0.1) is 0 Å². The lowest BCUT2D eigenvalue weighted by molar-refractivity contribution is 0.618. The van der Waals surface area contributed by atoms with Crippen LogP contribution < -0.4 is 0 Å². The first kappa shape index (κ1) is 11.5. The zero-order chi connectivity index (χ0) is 12.7. The zero-order valence-electron chi connectivity index (χ0n) is 10.6. The standard InChI is InChI=1S/C13H14N4S/c1-8(2)17-7-15-10-5-4-9-6-14-13(18-3)16-11(9)12(10)17/h4-8H,1-3H3. The van der Waals surface area contributed by atoms with Crippen molar-refractivity contribution in [3.8, 4) is 0 Å². The van der Waals surface area contributed by atoms with Gasteiger partial charge in [0.1, 0.15) is 5.52 Å². The van der Waals surface area contributed by atoms with E-state index < -0.39 is 0 Å². The molecule has 0 aliphatic rings. The van der Waals surface area contributed by atoms with Gasteiger partial charge in [0.25, 0.3) is 0 Å². The Morgan fingerprint density at radius 2 is 2.06 bits per heavy atom. The van der Waals surface area contributed by atoms with Gasteiger partial charge in [0.2, 0.25) is 0 Å². The summed E-state index contributed by atoms with van der Waals surface area (Å²) in [6.45, 7) is 4.30. The fourth-order valence-corrected chi connectivity index (χ4v) is 2.43. The monoisotopic (exact) mass is 258 g/mol. The molecular formula is C13H14N4S. The molecule has 0 amide bonds. The molecule has 0 radical (unpaired) electrons. The Hall–Kier alpha value is -1.62. The molecule has 3 rings (SSSR count). The highest BCUT2D eigenvalue weighted by atomic mass is 32.2. The summed E-state index contributed by atoms with van der Waals surface area (Å²) in [6.07, 6.45) is 5.75. The average Bonchev–Trinajstić information content (AvgIpc) is 2.82. The maximum absolute atomic E-state index is 4.63. The van der Waals surface area contributed by atoms with E-state index in [1.54, 1.807) is 11.8 Å². The fourth-order valence-electron chi connectivity index (χ4n) is 2.09. The van der Waals surface area contributed by atoms with Gasteiger partial charge < -0.3 is 4.57 Å². The predicted octanol–water partition coefficient (Wildman–Crippen LogP) is 3.28. The fraction of sp³-hybridized carbons (Fsp3) is 0.308. The molecule has 1 aromatic carbocycles. The minimum absolute atomic E-state index is 0.369. The molecule has 0 aliphatic carbocycles. The number of aromatic nitrogens is 4. The molecule has 0 bridgehead atoms. The van der Waals surface area contributed by atoms with Crippen LogP contribution in [0.4, 0.5) is 0 Å². The lowest BCUT2D eigenvalue weighted by Gasteiger charge is -2.09. The van der Waals surface area contributed by atoms with Gasteiger partial charge in [0, 0.05) is 17.6 Å². The first-order valence-corrected chi connectivity index (χ1v) is 7.09. The van der Waals surface area contributed by atoms with E-state index in [0.29, 0.717) is 6.04 Å². The second-order valence-electron chi connectivity index (χ2n) is 4.47. The first-order valence-electron chi connectivity index (χ1n) is 5.87. The second-order valence-corrected chi connectivity index (χ2v) is 5.25. The number of fused-ring (bicyclic) bond motifs is 3. The summed E-state index contributed by atoms with van der Waals surface area (Å²) < 4.78 is 2.16. The van der Waals surface area contributed by atoms with Gasteiger partial charge in [-0.15, -0.1) is 0 Å². The van der Waals surface area contributed by atoms with E-state index >= 15 is 0 Å². The minimum atomic E-state index is 0.369. The summed E-state index contributed by atoms with van der Waals surface area (Å²) in [6, 6.07) is 4.42. The molecule has 0 saturated carbocycles. The van der Waals surface area contributed by atoms with Crippen molar-refractivity contribution in [2.24, 2.45) is 0 Å². The average molecular weight is 258 g/mol. The van der Waals surface area contributed by atoms with E-state index in [0.717, 1.165) is 27.1 Å². The van der Waals surface area contributed by atoms with E-state index in [1.807, 2.05) is 30.9 Å². The van der Waals surface area contributed by atoms with Crippen molar-refractivity contribution in [2.45, 2.75) is 25.0 Å². The van der Waals surface area contributed by atoms with E-state index in [4.69, 9.17) is 0 Å². The molecular weight excluding hydrogens is 244 g/mol. The Kier molecular flexibility index (Phi) is 2.70. The van der Waals surface area contributed by atoms with Gasteiger partial charge in [-0.1, -0.05) is 11.8 Å². The number of hydrogen-bond acceptors (Lipinski definition) is 4. The Labute approximate surface area is 109 Å². The molecule has 0 atom stereocenters. The molecule has 5 heteroatoms. The lowest BCUT2D eigenvalue weighted by Crippen LogP contribution is -1.99. The molecule has 4 nitrogen and oxygen atoms in total. The van der Waals surface area contributed by atoms with Gasteiger partial charge >= 0.3 is 0 Å². The summed E-state index contributed by atoms with van der Waals surface area (Å²) in [5.74, 6) is 0. The van der Waals surface area contributed by atoms with Crippen molar-refractivity contribution >= 4 is 33.7 Å². The smallest absolute Gasteiger partial charge is 0.187 e. The van der Waals surface area contributed by atoms with Crippen LogP contribution in [-0.4, -0.2) is 25.8 Å². The number of nitrogens with zero attached hydrogens (tertiary/aromatic N) is 4. The highest BCUT2D eigenvalue weighted by Crippen LogP contribution is 2.26. The Balaban J connectivity index is 2.44. The van der Waals surface area contributed by atoms with E-state index in [9.17, 15) is 0 Å². The van der Waals surface area contributed by atoms with Crippen molar-refractivity contribution in [3.05, 3.63) is 24.7 Å². The van der Waals surface area contributed by atoms with Crippen molar-refractivity contribution in [1.29, 1.82) is 0 Å². The highest BCUT2D eigenvalue weighted by Gasteiger charge is 2.11. The van der Waals surface area contributed by atoms with Gasteiger partial charge in [-0.05, 0) is 32.2 Å². The summed E-state index contributed by atoms with van der Waals surface area (Å²) in [5.41, 5.74) is 3.07. The largest absolute Gasteiger partial charge is 0.326 e. The van der Waals surface area contributed by atoms with Crippen molar-refractivity contribution in [1.82, 2.24) is 19.5 Å². The molecule has 18 heavy (non-hydrogen) atoms. The third-order valence-corrected chi connectivity index (χ3v) is 3.56. The Bertz CT molecular complexity index is 717. The van der Waals surface area contributed by atoms with E-state index in [2.05, 4.69) is 33.4 Å². The van der Waals surface area contributed by atoms with Crippen LogP contribution in [0.25, 0.3) is 21.9 Å². The first-order chi connectivity index (χ1) is 8.70. The number of imidazole rings is 1. The van der Waals surface area contributed by atoms with Gasteiger partial charge in [-0.25, -0.2) is 15.0 Å². The van der Waals surface area contributed by atoms with Crippen LogP contribution in [0.1, 0.15) is 19.9 Å². The molecule has 3 aromatic rings. The van der Waals surface area contributed by atoms with Crippen molar-refractivity contribution in [2.75, 3.05) is 6.26 Å². The number of thioether (sulfide) groups is 1. The maximum atomic E-state index is 4.63. The molecule has 2 heterocycles. The highest BCUT2D eigenvalue weighted by molar-refractivity contribution is 7.98. The molecule has 2 aromatic heterocycles. The van der Waals surface area contributed by atoms with E-state index in [-0.39, 0.29) is 0 Å². The quantitative estimate of drug-likeness (QED) is 0.522. The summed E-state index contributed by atoms with van der Waals surface area (Å²) >= 11 is 1.56. The molecule has 0 spiro atoms. The SMILES string of the molecule is CSc1ncc2ccc3ncn(C(C)C)c3c2n1. The second kappa shape index (κ2) is 4.24. The lowest BCUT2D eigenvalue weighted by atomic mass is 10.2. The Morgan fingerprint density at radius 1 is 1.22 bits per heavy atom. The third kappa shape index (κ3) is 1.66. The van der Waals surface area contributed by atoms with Crippen LogP contribution in [0.15, 0.2) is 29.8 Å².